The van der Waals surface area contributed by atoms with Gasteiger partial charge in [0.15, 0.2) is 5.11 Å². The second-order valence-electron chi connectivity index (χ2n) is 3.57. The molecule has 1 aliphatic rings. The van der Waals surface area contributed by atoms with Gasteiger partial charge in [-0.15, -0.1) is 0 Å². The molecule has 1 rings (SSSR count). The van der Waals surface area contributed by atoms with E-state index in [1.165, 1.54) is 19.3 Å². The molecule has 0 radical (unpaired) electrons. The zero-order valence-corrected chi connectivity index (χ0v) is 8.76. The Labute approximate surface area is 80.1 Å². The maximum Gasteiger partial charge on any atom is 0.166 e. The summed E-state index contributed by atoms with van der Waals surface area (Å²) in [6.07, 6.45) is 4.01. The molecule has 0 heterocycles. The molecule has 1 saturated carbocycles. The Morgan fingerprint density at radius 2 is 2.00 bits per heavy atom. The van der Waals surface area contributed by atoms with Crippen LogP contribution in [0.4, 0.5) is 0 Å². The highest BCUT2D eigenvalue weighted by atomic mass is 32.1. The SMILES string of the molecule is CCNC(=S)NCC1(CC)CC1. The average molecular weight is 186 g/mol. The molecule has 2 nitrogen and oxygen atoms in total. The molecule has 0 unspecified atom stereocenters. The van der Waals surface area contributed by atoms with Crippen molar-refractivity contribution < 1.29 is 0 Å². The zero-order chi connectivity index (χ0) is 9.03. The van der Waals surface area contributed by atoms with Crippen molar-refractivity contribution in [1.82, 2.24) is 10.6 Å². The molecule has 0 amide bonds. The third-order valence-electron chi connectivity index (χ3n) is 2.67. The van der Waals surface area contributed by atoms with Crippen LogP contribution in [0.3, 0.4) is 0 Å². The molecule has 70 valence electrons. The Balaban J connectivity index is 2.12. The molecule has 1 aliphatic carbocycles. The Hall–Kier alpha value is -0.310. The molecule has 1 fully saturated rings. The predicted octanol–water partition coefficient (Wildman–Crippen LogP) is 1.66. The number of rotatable bonds is 4. The average Bonchev–Trinajstić information content (AvgIpc) is 2.82. The van der Waals surface area contributed by atoms with E-state index in [1.54, 1.807) is 0 Å². The van der Waals surface area contributed by atoms with E-state index < -0.39 is 0 Å². The Bertz CT molecular complexity index is 164. The van der Waals surface area contributed by atoms with Gasteiger partial charge < -0.3 is 10.6 Å². The molecule has 0 atom stereocenters. The van der Waals surface area contributed by atoms with Gasteiger partial charge in [-0.1, -0.05) is 6.92 Å². The maximum absolute atomic E-state index is 5.07. The van der Waals surface area contributed by atoms with Crippen LogP contribution in [0.5, 0.6) is 0 Å². The molecule has 3 heteroatoms. The van der Waals surface area contributed by atoms with Crippen LogP contribution in [-0.2, 0) is 0 Å². The zero-order valence-electron chi connectivity index (χ0n) is 7.94. The number of hydrogen-bond donors (Lipinski definition) is 2. The van der Waals surface area contributed by atoms with Gasteiger partial charge in [0.05, 0.1) is 0 Å². The van der Waals surface area contributed by atoms with E-state index in [2.05, 4.69) is 24.5 Å². The van der Waals surface area contributed by atoms with Crippen LogP contribution in [0.1, 0.15) is 33.1 Å². The molecule has 0 saturated heterocycles. The van der Waals surface area contributed by atoms with Crippen LogP contribution in [-0.4, -0.2) is 18.2 Å². The Morgan fingerprint density at radius 3 is 2.42 bits per heavy atom. The second-order valence-corrected chi connectivity index (χ2v) is 3.97. The lowest BCUT2D eigenvalue weighted by Gasteiger charge is -2.15. The molecule has 0 spiro atoms. The van der Waals surface area contributed by atoms with Crippen LogP contribution in [0.2, 0.25) is 0 Å². The van der Waals surface area contributed by atoms with E-state index in [1.807, 2.05) is 0 Å². The van der Waals surface area contributed by atoms with E-state index in [0.717, 1.165) is 18.2 Å². The highest BCUT2D eigenvalue weighted by Gasteiger charge is 2.40. The summed E-state index contributed by atoms with van der Waals surface area (Å²) < 4.78 is 0. The van der Waals surface area contributed by atoms with Crippen molar-refractivity contribution >= 4 is 17.3 Å². The van der Waals surface area contributed by atoms with Crippen LogP contribution in [0, 0.1) is 5.41 Å². The summed E-state index contributed by atoms with van der Waals surface area (Å²) in [5.41, 5.74) is 0.583. The minimum atomic E-state index is 0.583. The van der Waals surface area contributed by atoms with Gasteiger partial charge >= 0.3 is 0 Å². The Kier molecular flexibility index (Phi) is 3.32. The van der Waals surface area contributed by atoms with Crippen molar-refractivity contribution in [3.05, 3.63) is 0 Å². The number of nitrogens with one attached hydrogen (secondary N) is 2. The lowest BCUT2D eigenvalue weighted by molar-refractivity contribution is 0.480. The molecular formula is C9H18N2S. The first-order valence-corrected chi connectivity index (χ1v) is 5.15. The summed E-state index contributed by atoms with van der Waals surface area (Å²) in [4.78, 5) is 0. The van der Waals surface area contributed by atoms with Crippen LogP contribution in [0.25, 0.3) is 0 Å². The standard InChI is InChI=1S/C9H18N2S/c1-3-9(5-6-9)7-11-8(12)10-4-2/h3-7H2,1-2H3,(H2,10,11,12). The largest absolute Gasteiger partial charge is 0.363 e. The van der Waals surface area contributed by atoms with Gasteiger partial charge in [-0.3, -0.25) is 0 Å². The van der Waals surface area contributed by atoms with Gasteiger partial charge in [0.25, 0.3) is 0 Å². The van der Waals surface area contributed by atoms with Crippen molar-refractivity contribution in [2.24, 2.45) is 5.41 Å². The fourth-order valence-corrected chi connectivity index (χ4v) is 1.54. The summed E-state index contributed by atoms with van der Waals surface area (Å²) in [5.74, 6) is 0. The van der Waals surface area contributed by atoms with E-state index in [0.29, 0.717) is 5.41 Å². The lowest BCUT2D eigenvalue weighted by Crippen LogP contribution is -2.38. The van der Waals surface area contributed by atoms with Gasteiger partial charge in [-0.2, -0.15) is 0 Å². The van der Waals surface area contributed by atoms with E-state index >= 15 is 0 Å². The van der Waals surface area contributed by atoms with Crippen molar-refractivity contribution in [2.45, 2.75) is 33.1 Å². The maximum atomic E-state index is 5.07. The molecule has 12 heavy (non-hydrogen) atoms. The predicted molar refractivity (Wildman–Crippen MR) is 56.2 cm³/mol. The van der Waals surface area contributed by atoms with E-state index in [-0.39, 0.29) is 0 Å². The molecule has 0 aromatic heterocycles. The van der Waals surface area contributed by atoms with Gasteiger partial charge in [0.2, 0.25) is 0 Å². The van der Waals surface area contributed by atoms with Gasteiger partial charge in [-0.05, 0) is 43.8 Å². The number of thiocarbonyl (C=S) groups is 1. The normalized spacial score (nSPS) is 18.5. The molecule has 0 bridgehead atoms. The van der Waals surface area contributed by atoms with Crippen molar-refractivity contribution in [1.29, 1.82) is 0 Å². The van der Waals surface area contributed by atoms with E-state index in [9.17, 15) is 0 Å². The van der Waals surface area contributed by atoms with Crippen molar-refractivity contribution in [3.63, 3.8) is 0 Å². The summed E-state index contributed by atoms with van der Waals surface area (Å²) >= 11 is 5.07. The highest BCUT2D eigenvalue weighted by molar-refractivity contribution is 7.80. The first-order chi connectivity index (χ1) is 5.72. The van der Waals surface area contributed by atoms with Crippen LogP contribution < -0.4 is 10.6 Å². The topological polar surface area (TPSA) is 24.1 Å². The summed E-state index contributed by atoms with van der Waals surface area (Å²) in [5, 5.41) is 7.15. The van der Waals surface area contributed by atoms with Gasteiger partial charge in [-0.25, -0.2) is 0 Å². The fraction of sp³-hybridized carbons (Fsp3) is 0.889. The Morgan fingerprint density at radius 1 is 1.33 bits per heavy atom. The van der Waals surface area contributed by atoms with Crippen molar-refractivity contribution in [2.75, 3.05) is 13.1 Å². The summed E-state index contributed by atoms with van der Waals surface area (Å²) in [6, 6.07) is 0. The first kappa shape index (κ1) is 9.78. The van der Waals surface area contributed by atoms with Crippen molar-refractivity contribution in [3.8, 4) is 0 Å². The molecule has 0 aromatic rings. The minimum absolute atomic E-state index is 0.583. The van der Waals surface area contributed by atoms with Gasteiger partial charge in [0.1, 0.15) is 0 Å². The highest BCUT2D eigenvalue weighted by Crippen LogP contribution is 2.47. The fourth-order valence-electron chi connectivity index (χ4n) is 1.32. The first-order valence-electron chi connectivity index (χ1n) is 4.74. The summed E-state index contributed by atoms with van der Waals surface area (Å²) in [6.45, 7) is 6.27. The van der Waals surface area contributed by atoms with Crippen LogP contribution in [0.15, 0.2) is 0 Å². The molecular weight excluding hydrogens is 168 g/mol. The number of hydrogen-bond acceptors (Lipinski definition) is 1. The monoisotopic (exact) mass is 186 g/mol. The molecule has 0 aliphatic heterocycles. The lowest BCUT2D eigenvalue weighted by atomic mass is 10.0. The van der Waals surface area contributed by atoms with Crippen LogP contribution >= 0.6 is 12.2 Å². The molecule has 2 N–H and O–H groups in total. The second kappa shape index (κ2) is 4.08. The third kappa shape index (κ3) is 2.63. The third-order valence-corrected chi connectivity index (χ3v) is 2.96. The minimum Gasteiger partial charge on any atom is -0.363 e. The smallest absolute Gasteiger partial charge is 0.166 e. The van der Waals surface area contributed by atoms with Gasteiger partial charge in [0, 0.05) is 13.1 Å². The summed E-state index contributed by atoms with van der Waals surface area (Å²) in [7, 11) is 0. The van der Waals surface area contributed by atoms with E-state index in [4.69, 9.17) is 12.2 Å². The molecule has 0 aromatic carbocycles. The quantitative estimate of drug-likeness (QED) is 0.653.